The molecule has 0 spiro atoms. The van der Waals surface area contributed by atoms with Gasteiger partial charge >= 0.3 is 0 Å². The van der Waals surface area contributed by atoms with Crippen molar-refractivity contribution in [1.29, 1.82) is 0 Å². The zero-order valence-corrected chi connectivity index (χ0v) is 20.1. The van der Waals surface area contributed by atoms with Gasteiger partial charge in [0.25, 0.3) is 17.7 Å². The third-order valence-electron chi connectivity index (χ3n) is 5.25. The monoisotopic (exact) mass is 513 g/mol. The van der Waals surface area contributed by atoms with Crippen LogP contribution in [0.25, 0.3) is 0 Å². The van der Waals surface area contributed by atoms with E-state index >= 15 is 0 Å². The average molecular weight is 515 g/mol. The topological polar surface area (TPSA) is 78.5 Å². The molecule has 1 atom stereocenters. The third-order valence-corrected chi connectivity index (χ3v) is 6.34. The van der Waals surface area contributed by atoms with E-state index < -0.39 is 11.8 Å². The largest absolute Gasteiger partial charge is 0.350 e. The Balaban J connectivity index is 1.46. The van der Waals surface area contributed by atoms with E-state index in [0.29, 0.717) is 16.3 Å². The zero-order chi connectivity index (χ0) is 24.4. The maximum absolute atomic E-state index is 12.9. The van der Waals surface area contributed by atoms with Gasteiger partial charge in [-0.2, -0.15) is 0 Å². The Kier molecular flexibility index (Phi) is 6.93. The fourth-order valence-electron chi connectivity index (χ4n) is 3.42. The van der Waals surface area contributed by atoms with E-state index in [1.165, 1.54) is 18.2 Å². The van der Waals surface area contributed by atoms with Gasteiger partial charge < -0.3 is 10.6 Å². The highest BCUT2D eigenvalue weighted by molar-refractivity contribution is 6.53. The summed E-state index contributed by atoms with van der Waals surface area (Å²) in [5.74, 6) is -1.55. The van der Waals surface area contributed by atoms with Gasteiger partial charge in [-0.05, 0) is 55.0 Å². The van der Waals surface area contributed by atoms with Crippen LogP contribution in [-0.2, 0) is 9.59 Å². The summed E-state index contributed by atoms with van der Waals surface area (Å²) in [4.78, 5) is 39.1. The molecule has 4 rings (SSSR count). The first-order chi connectivity index (χ1) is 16.3. The molecule has 1 heterocycles. The van der Waals surface area contributed by atoms with Crippen LogP contribution in [0.15, 0.2) is 83.5 Å². The predicted molar refractivity (Wildman–Crippen MR) is 134 cm³/mol. The average Bonchev–Trinajstić information content (AvgIpc) is 3.05. The molecule has 1 aliphatic heterocycles. The number of imide groups is 1. The van der Waals surface area contributed by atoms with Crippen LogP contribution in [0.4, 0.5) is 11.4 Å². The van der Waals surface area contributed by atoms with Crippen LogP contribution in [0.3, 0.4) is 0 Å². The van der Waals surface area contributed by atoms with Crippen LogP contribution in [0.1, 0.15) is 28.9 Å². The fraction of sp³-hybridized carbons (Fsp3) is 0.0800. The summed E-state index contributed by atoms with van der Waals surface area (Å²) < 4.78 is 0. The number of nitrogens with zero attached hydrogens (tertiary/aromatic N) is 1. The number of nitrogens with one attached hydrogen (secondary N) is 2. The molecule has 3 aromatic carbocycles. The van der Waals surface area contributed by atoms with Crippen LogP contribution >= 0.6 is 34.8 Å². The minimum atomic E-state index is -0.682. The van der Waals surface area contributed by atoms with Gasteiger partial charge in [-0.1, -0.05) is 65.1 Å². The normalized spacial score (nSPS) is 14.4. The van der Waals surface area contributed by atoms with E-state index in [1.54, 1.807) is 24.3 Å². The number of hydrogen-bond donors (Lipinski definition) is 2. The zero-order valence-electron chi connectivity index (χ0n) is 17.8. The van der Waals surface area contributed by atoms with Crippen molar-refractivity contribution in [3.63, 3.8) is 0 Å². The highest BCUT2D eigenvalue weighted by Crippen LogP contribution is 2.33. The lowest BCUT2D eigenvalue weighted by Gasteiger charge is -2.16. The number of hydrogen-bond acceptors (Lipinski definition) is 4. The van der Waals surface area contributed by atoms with Gasteiger partial charge in [0.15, 0.2) is 0 Å². The molecular weight excluding hydrogens is 497 g/mol. The molecule has 3 amide bonds. The van der Waals surface area contributed by atoms with Gasteiger partial charge in [-0.15, -0.1) is 0 Å². The molecule has 0 saturated heterocycles. The highest BCUT2D eigenvalue weighted by Gasteiger charge is 2.39. The molecule has 172 valence electrons. The molecule has 34 heavy (non-hydrogen) atoms. The van der Waals surface area contributed by atoms with Crippen molar-refractivity contribution in [3.05, 3.63) is 105 Å². The first kappa shape index (κ1) is 23.8. The Bertz CT molecular complexity index is 1310. The molecule has 0 saturated carbocycles. The Morgan fingerprint density at radius 3 is 2.18 bits per heavy atom. The van der Waals surface area contributed by atoms with Gasteiger partial charge in [0.2, 0.25) is 0 Å². The SMILES string of the molecule is CC(NC(=O)c1ccc(NC2=C(Cl)C(=O)N(c3ccc(Cl)c(Cl)c3)C2=O)cc1)c1ccccc1. The number of amides is 3. The van der Waals surface area contributed by atoms with Crippen molar-refractivity contribution in [3.8, 4) is 0 Å². The molecule has 0 radical (unpaired) electrons. The number of rotatable bonds is 6. The van der Waals surface area contributed by atoms with Crippen molar-refractivity contribution < 1.29 is 14.4 Å². The lowest BCUT2D eigenvalue weighted by atomic mass is 10.1. The third kappa shape index (κ3) is 4.80. The summed E-state index contributed by atoms with van der Waals surface area (Å²) in [7, 11) is 0. The van der Waals surface area contributed by atoms with Crippen molar-refractivity contribution in [1.82, 2.24) is 5.32 Å². The van der Waals surface area contributed by atoms with E-state index in [9.17, 15) is 14.4 Å². The summed E-state index contributed by atoms with van der Waals surface area (Å²) in [6, 6.07) is 20.3. The first-order valence-corrected chi connectivity index (χ1v) is 11.4. The van der Waals surface area contributed by atoms with Crippen molar-refractivity contribution in [2.24, 2.45) is 0 Å². The second kappa shape index (κ2) is 9.89. The fourth-order valence-corrected chi connectivity index (χ4v) is 3.93. The molecule has 1 aliphatic rings. The summed E-state index contributed by atoms with van der Waals surface area (Å²) in [5.41, 5.74) is 2.09. The van der Waals surface area contributed by atoms with Gasteiger partial charge in [0.05, 0.1) is 21.8 Å². The molecule has 0 fully saturated rings. The van der Waals surface area contributed by atoms with Crippen LogP contribution in [-0.4, -0.2) is 17.7 Å². The molecule has 6 nitrogen and oxygen atoms in total. The van der Waals surface area contributed by atoms with Crippen molar-refractivity contribution in [2.45, 2.75) is 13.0 Å². The Morgan fingerprint density at radius 1 is 0.853 bits per heavy atom. The van der Waals surface area contributed by atoms with E-state index in [0.717, 1.165) is 10.5 Å². The van der Waals surface area contributed by atoms with E-state index in [2.05, 4.69) is 10.6 Å². The van der Waals surface area contributed by atoms with E-state index in [-0.39, 0.29) is 33.4 Å². The number of anilines is 2. The van der Waals surface area contributed by atoms with Crippen LogP contribution in [0, 0.1) is 0 Å². The predicted octanol–water partition coefficient (Wildman–Crippen LogP) is 5.92. The van der Waals surface area contributed by atoms with Crippen molar-refractivity contribution in [2.75, 3.05) is 10.2 Å². The lowest BCUT2D eigenvalue weighted by Crippen LogP contribution is -2.32. The maximum atomic E-state index is 12.9. The quantitative estimate of drug-likeness (QED) is 0.400. The summed E-state index contributed by atoms with van der Waals surface area (Å²) >= 11 is 18.1. The molecule has 0 bridgehead atoms. The summed E-state index contributed by atoms with van der Waals surface area (Å²) in [6.45, 7) is 1.90. The number of benzene rings is 3. The second-order valence-electron chi connectivity index (χ2n) is 7.54. The molecule has 2 N–H and O–H groups in total. The van der Waals surface area contributed by atoms with Gasteiger partial charge in [-0.3, -0.25) is 14.4 Å². The molecular formula is C25H18Cl3N3O3. The van der Waals surface area contributed by atoms with Crippen LogP contribution in [0.2, 0.25) is 10.0 Å². The Hall–Kier alpha value is -3.32. The van der Waals surface area contributed by atoms with Crippen LogP contribution < -0.4 is 15.5 Å². The highest BCUT2D eigenvalue weighted by atomic mass is 35.5. The Labute approximate surface area is 211 Å². The number of carbonyl (C=O) groups excluding carboxylic acids is 3. The Morgan fingerprint density at radius 2 is 1.53 bits per heavy atom. The van der Waals surface area contributed by atoms with Gasteiger partial charge in [0.1, 0.15) is 10.7 Å². The second-order valence-corrected chi connectivity index (χ2v) is 8.73. The molecule has 9 heteroatoms. The number of carbonyl (C=O) groups is 3. The summed E-state index contributed by atoms with van der Waals surface area (Å²) in [5, 5.41) is 6.06. The van der Waals surface area contributed by atoms with Gasteiger partial charge in [0, 0.05) is 11.3 Å². The van der Waals surface area contributed by atoms with Crippen LogP contribution in [0.5, 0.6) is 0 Å². The molecule has 0 aliphatic carbocycles. The first-order valence-electron chi connectivity index (χ1n) is 10.2. The smallest absolute Gasteiger partial charge is 0.283 e. The molecule has 1 unspecified atom stereocenters. The maximum Gasteiger partial charge on any atom is 0.283 e. The standard InChI is InChI=1S/C25H18Cl3N3O3/c1-14(15-5-3-2-4-6-15)29-23(32)16-7-9-17(10-8-16)30-22-21(28)24(33)31(25(22)34)18-11-12-19(26)20(27)13-18/h2-14,30H,1H3,(H,29,32). The minimum absolute atomic E-state index is 0.0763. The van der Waals surface area contributed by atoms with Crippen molar-refractivity contribution >= 4 is 63.9 Å². The van der Waals surface area contributed by atoms with E-state index in [1.807, 2.05) is 37.3 Å². The minimum Gasteiger partial charge on any atom is -0.350 e. The van der Waals surface area contributed by atoms with Gasteiger partial charge in [-0.25, -0.2) is 4.90 Å². The number of halogens is 3. The summed E-state index contributed by atoms with van der Waals surface area (Å²) in [6.07, 6.45) is 0. The molecule has 0 aromatic heterocycles. The lowest BCUT2D eigenvalue weighted by molar-refractivity contribution is -0.120. The van der Waals surface area contributed by atoms with E-state index in [4.69, 9.17) is 34.8 Å². The molecule has 3 aromatic rings.